The van der Waals surface area contributed by atoms with Crippen LogP contribution in [-0.2, 0) is 24.9 Å². The summed E-state index contributed by atoms with van der Waals surface area (Å²) >= 11 is 0. The summed E-state index contributed by atoms with van der Waals surface area (Å²) in [5.41, 5.74) is 2.16. The van der Waals surface area contributed by atoms with E-state index in [0.29, 0.717) is 13.1 Å². The van der Waals surface area contributed by atoms with Crippen LogP contribution in [0, 0.1) is 17.8 Å². The third kappa shape index (κ3) is 4.85. The predicted molar refractivity (Wildman–Crippen MR) is 135 cm³/mol. The molecule has 1 aromatic heterocycles. The fourth-order valence-electron chi connectivity index (χ4n) is 7.45. The van der Waals surface area contributed by atoms with Gasteiger partial charge in [-0.15, -0.1) is 0 Å². The van der Waals surface area contributed by atoms with Crippen molar-refractivity contribution in [2.45, 2.75) is 76.0 Å². The Morgan fingerprint density at radius 2 is 1.60 bits per heavy atom. The van der Waals surface area contributed by atoms with Crippen LogP contribution >= 0.6 is 0 Å². The number of urea groups is 1. The number of aryl methyl sites for hydroxylation is 1. The Morgan fingerprint density at radius 1 is 0.943 bits per heavy atom. The minimum absolute atomic E-state index is 0.0127. The minimum atomic E-state index is -0.0329. The molecule has 6 heteroatoms. The molecular weight excluding hydrogens is 436 g/mol. The standard InChI is InChI=1S/C29H38N4O2/c1-31-11-5-8-26(31)19-32(18-21-6-3-2-4-7-21)27(34)20-33(25-9-10-25)28(35)30-29-15-22-12-23(16-29)14-24(13-22)17-29/h2-8,11,22-25H,9-10,12-20H2,1H3,(H,30,35). The van der Waals surface area contributed by atoms with Crippen LogP contribution in [0.2, 0.25) is 0 Å². The molecule has 0 spiro atoms. The fraction of sp³-hybridized carbons (Fsp3) is 0.586. The van der Waals surface area contributed by atoms with E-state index in [2.05, 4.69) is 28.1 Å². The molecule has 3 amide bonds. The molecular formula is C29H38N4O2. The number of nitrogens with one attached hydrogen (secondary N) is 1. The van der Waals surface area contributed by atoms with E-state index in [1.54, 1.807) is 0 Å². The number of hydrogen-bond donors (Lipinski definition) is 1. The van der Waals surface area contributed by atoms with Crippen molar-refractivity contribution in [2.75, 3.05) is 6.54 Å². The predicted octanol–water partition coefficient (Wildman–Crippen LogP) is 4.70. The van der Waals surface area contributed by atoms with Crippen molar-refractivity contribution in [2.24, 2.45) is 24.8 Å². The van der Waals surface area contributed by atoms with Crippen LogP contribution in [-0.4, -0.2) is 44.4 Å². The molecule has 0 atom stereocenters. The molecule has 0 saturated heterocycles. The molecule has 0 radical (unpaired) electrons. The molecule has 0 aliphatic heterocycles. The summed E-state index contributed by atoms with van der Waals surface area (Å²) in [7, 11) is 2.01. The number of nitrogens with zero attached hydrogens (tertiary/aromatic N) is 3. The van der Waals surface area contributed by atoms with Gasteiger partial charge in [0.25, 0.3) is 0 Å². The average molecular weight is 475 g/mol. The van der Waals surface area contributed by atoms with Gasteiger partial charge in [0.15, 0.2) is 0 Å². The van der Waals surface area contributed by atoms with Crippen LogP contribution in [0.5, 0.6) is 0 Å². The first-order valence-corrected chi connectivity index (χ1v) is 13.5. The summed E-state index contributed by atoms with van der Waals surface area (Å²) < 4.78 is 2.06. The van der Waals surface area contributed by atoms with Gasteiger partial charge in [0.05, 0.1) is 6.54 Å². The normalized spacial score (nSPS) is 28.7. The second-order valence-corrected chi connectivity index (χ2v) is 11.8. The maximum absolute atomic E-state index is 13.7. The highest BCUT2D eigenvalue weighted by molar-refractivity contribution is 5.85. The third-order valence-electron chi connectivity index (χ3n) is 8.94. The number of hydrogen-bond acceptors (Lipinski definition) is 2. The largest absolute Gasteiger partial charge is 0.353 e. The lowest BCUT2D eigenvalue weighted by atomic mass is 9.53. The number of benzene rings is 1. The summed E-state index contributed by atoms with van der Waals surface area (Å²) in [5.74, 6) is 2.36. The van der Waals surface area contributed by atoms with Gasteiger partial charge in [-0.1, -0.05) is 30.3 Å². The smallest absolute Gasteiger partial charge is 0.318 e. The van der Waals surface area contributed by atoms with Gasteiger partial charge in [-0.25, -0.2) is 4.79 Å². The first kappa shape index (κ1) is 22.7. The van der Waals surface area contributed by atoms with Gasteiger partial charge in [-0.2, -0.15) is 0 Å². The lowest BCUT2D eigenvalue weighted by Crippen LogP contribution is -2.62. The average Bonchev–Trinajstić information content (AvgIpc) is 3.58. The molecule has 0 unspecified atom stereocenters. The first-order valence-electron chi connectivity index (χ1n) is 13.5. The van der Waals surface area contributed by atoms with Crippen molar-refractivity contribution in [3.05, 3.63) is 59.9 Å². The number of amides is 3. The van der Waals surface area contributed by atoms with Crippen LogP contribution < -0.4 is 5.32 Å². The number of rotatable bonds is 8. The van der Waals surface area contributed by atoms with E-state index < -0.39 is 0 Å². The fourth-order valence-corrected chi connectivity index (χ4v) is 7.45. The Labute approximate surface area is 208 Å². The molecule has 5 aliphatic rings. The lowest BCUT2D eigenvalue weighted by molar-refractivity contribution is -0.133. The zero-order chi connectivity index (χ0) is 24.0. The van der Waals surface area contributed by atoms with E-state index in [0.717, 1.165) is 61.1 Å². The molecule has 2 aromatic rings. The Hall–Kier alpha value is -2.76. The Morgan fingerprint density at radius 3 is 2.17 bits per heavy atom. The van der Waals surface area contributed by atoms with Gasteiger partial charge in [0.1, 0.15) is 6.54 Å². The van der Waals surface area contributed by atoms with Crippen molar-refractivity contribution in [3.8, 4) is 0 Å². The quantitative estimate of drug-likeness (QED) is 0.603. The number of aromatic nitrogens is 1. The van der Waals surface area contributed by atoms with E-state index in [-0.39, 0.29) is 30.1 Å². The SMILES string of the molecule is Cn1cccc1CN(Cc1ccccc1)C(=O)CN(C(=O)NC12CC3CC(CC(C3)C1)C2)C1CC1. The second-order valence-electron chi connectivity index (χ2n) is 11.8. The van der Waals surface area contributed by atoms with Crippen molar-refractivity contribution in [1.82, 2.24) is 19.7 Å². The highest BCUT2D eigenvalue weighted by Gasteiger charge is 2.52. The van der Waals surface area contributed by atoms with Gasteiger partial charge in [-0.3, -0.25) is 4.79 Å². The zero-order valence-electron chi connectivity index (χ0n) is 20.9. The Bertz CT molecular complexity index is 1040. The van der Waals surface area contributed by atoms with Crippen LogP contribution in [0.1, 0.15) is 62.6 Å². The Kier molecular flexibility index (Phi) is 5.85. The van der Waals surface area contributed by atoms with Crippen LogP contribution in [0.15, 0.2) is 48.7 Å². The molecule has 186 valence electrons. The summed E-state index contributed by atoms with van der Waals surface area (Å²) in [6, 6.07) is 14.4. The summed E-state index contributed by atoms with van der Waals surface area (Å²) in [6.07, 6.45) is 11.5. The first-order chi connectivity index (χ1) is 17.0. The molecule has 1 aromatic carbocycles. The van der Waals surface area contributed by atoms with E-state index in [1.165, 1.54) is 19.3 Å². The van der Waals surface area contributed by atoms with Crippen LogP contribution in [0.3, 0.4) is 0 Å². The van der Waals surface area contributed by atoms with E-state index >= 15 is 0 Å². The topological polar surface area (TPSA) is 57.6 Å². The van der Waals surface area contributed by atoms with Crippen molar-refractivity contribution >= 4 is 11.9 Å². The molecule has 5 saturated carbocycles. The van der Waals surface area contributed by atoms with Gasteiger partial charge in [-0.05, 0) is 86.8 Å². The third-order valence-corrected chi connectivity index (χ3v) is 8.94. The summed E-state index contributed by atoms with van der Waals surface area (Å²) in [6.45, 7) is 1.23. The number of carbonyl (C=O) groups is 2. The van der Waals surface area contributed by atoms with Crippen molar-refractivity contribution in [3.63, 3.8) is 0 Å². The molecule has 1 heterocycles. The molecule has 7 rings (SSSR count). The Balaban J connectivity index is 1.17. The summed E-state index contributed by atoms with van der Waals surface area (Å²) in [5, 5.41) is 3.51. The van der Waals surface area contributed by atoms with Gasteiger partial charge >= 0.3 is 6.03 Å². The highest BCUT2D eigenvalue weighted by Crippen LogP contribution is 2.55. The van der Waals surface area contributed by atoms with Crippen LogP contribution in [0.4, 0.5) is 4.79 Å². The zero-order valence-corrected chi connectivity index (χ0v) is 20.9. The van der Waals surface area contributed by atoms with E-state index in [4.69, 9.17) is 0 Å². The van der Waals surface area contributed by atoms with Crippen molar-refractivity contribution < 1.29 is 9.59 Å². The second kappa shape index (κ2) is 9.03. The minimum Gasteiger partial charge on any atom is -0.353 e. The maximum atomic E-state index is 13.7. The molecule has 6 nitrogen and oxygen atoms in total. The molecule has 5 fully saturated rings. The maximum Gasteiger partial charge on any atom is 0.318 e. The van der Waals surface area contributed by atoms with E-state index in [1.807, 2.05) is 47.3 Å². The van der Waals surface area contributed by atoms with Gasteiger partial charge in [0, 0.05) is 37.1 Å². The molecule has 1 N–H and O–H groups in total. The molecule has 5 aliphatic carbocycles. The van der Waals surface area contributed by atoms with Crippen molar-refractivity contribution in [1.29, 1.82) is 0 Å². The number of carbonyl (C=O) groups excluding carboxylic acids is 2. The molecule has 35 heavy (non-hydrogen) atoms. The van der Waals surface area contributed by atoms with E-state index in [9.17, 15) is 9.59 Å². The monoisotopic (exact) mass is 474 g/mol. The van der Waals surface area contributed by atoms with Gasteiger partial charge < -0.3 is 19.7 Å². The van der Waals surface area contributed by atoms with Gasteiger partial charge in [0.2, 0.25) is 5.91 Å². The molecule has 4 bridgehead atoms. The van der Waals surface area contributed by atoms with Crippen LogP contribution in [0.25, 0.3) is 0 Å². The summed E-state index contributed by atoms with van der Waals surface area (Å²) in [4.78, 5) is 31.1. The highest BCUT2D eigenvalue weighted by atomic mass is 16.2. The lowest BCUT2D eigenvalue weighted by Gasteiger charge is -2.57.